The predicted octanol–water partition coefficient (Wildman–Crippen LogP) is 3.53. The van der Waals surface area contributed by atoms with E-state index in [9.17, 15) is 19.6 Å². The zero-order valence-corrected chi connectivity index (χ0v) is 16.3. The average Bonchev–Trinajstić information content (AvgIpc) is 2.71. The molecule has 30 heavy (non-hydrogen) atoms. The van der Waals surface area contributed by atoms with Crippen LogP contribution in [0.1, 0.15) is 41.3 Å². The fourth-order valence-electron chi connectivity index (χ4n) is 2.77. The van der Waals surface area contributed by atoms with Crippen molar-refractivity contribution in [3.63, 3.8) is 0 Å². The smallest absolute Gasteiger partial charge is 0.354 e. The molecule has 0 fully saturated rings. The second-order valence-corrected chi connectivity index (χ2v) is 6.89. The Balaban J connectivity index is 1.85. The molecule has 0 bridgehead atoms. The number of nitrogens with two attached hydrogens (primary N) is 1. The van der Waals surface area contributed by atoms with Crippen molar-refractivity contribution < 1.29 is 18.7 Å². The summed E-state index contributed by atoms with van der Waals surface area (Å²) in [5, 5.41) is 9.78. The minimum absolute atomic E-state index is 0.0822. The predicted molar refractivity (Wildman–Crippen MR) is 111 cm³/mol. The number of benzene rings is 2. The second-order valence-electron chi connectivity index (χ2n) is 6.89. The second kappa shape index (κ2) is 8.45. The average molecular weight is 402 g/mol. The molecule has 2 aromatic carbocycles. The number of carbonyl (C=O) groups excluding carboxylic acids is 2. The van der Waals surface area contributed by atoms with Gasteiger partial charge in [-0.2, -0.15) is 5.26 Å². The molecular formula is C23H18N2O5. The summed E-state index contributed by atoms with van der Waals surface area (Å²) >= 11 is 0. The van der Waals surface area contributed by atoms with Crippen LogP contribution in [0.2, 0.25) is 0 Å². The van der Waals surface area contributed by atoms with Crippen LogP contribution in [0, 0.1) is 11.3 Å². The molecule has 0 aliphatic rings. The maximum Gasteiger partial charge on any atom is 0.354 e. The molecule has 0 saturated carbocycles. The number of primary amides is 1. The molecule has 0 unspecified atom stereocenters. The van der Waals surface area contributed by atoms with Crippen molar-refractivity contribution in [1.82, 2.24) is 0 Å². The minimum Gasteiger partial charge on any atom is -0.422 e. The third-order valence-corrected chi connectivity index (χ3v) is 4.44. The van der Waals surface area contributed by atoms with E-state index in [4.69, 9.17) is 14.9 Å². The van der Waals surface area contributed by atoms with Gasteiger partial charge < -0.3 is 14.9 Å². The molecule has 0 atom stereocenters. The highest BCUT2D eigenvalue weighted by Crippen LogP contribution is 2.22. The van der Waals surface area contributed by atoms with Crippen LogP contribution in [0.15, 0.2) is 63.3 Å². The SMILES string of the molecule is CC(C)c1ccc(/C=C(\C#N)C(=O)Oc2ccc3cc(C(N)=O)c(=O)oc3c2)cc1. The third kappa shape index (κ3) is 4.45. The highest BCUT2D eigenvalue weighted by molar-refractivity contribution is 5.99. The van der Waals surface area contributed by atoms with E-state index in [-0.39, 0.29) is 22.5 Å². The fraction of sp³-hybridized carbons (Fsp3) is 0.130. The normalized spacial score (nSPS) is 11.3. The van der Waals surface area contributed by atoms with Crippen LogP contribution in [0.5, 0.6) is 5.75 Å². The van der Waals surface area contributed by atoms with E-state index in [0.29, 0.717) is 16.9 Å². The van der Waals surface area contributed by atoms with E-state index in [2.05, 4.69) is 13.8 Å². The summed E-state index contributed by atoms with van der Waals surface area (Å²) in [6.07, 6.45) is 1.44. The Kier molecular flexibility index (Phi) is 5.79. The lowest BCUT2D eigenvalue weighted by molar-refractivity contribution is -0.129. The third-order valence-electron chi connectivity index (χ3n) is 4.44. The van der Waals surface area contributed by atoms with Crippen LogP contribution in [0.25, 0.3) is 17.0 Å². The highest BCUT2D eigenvalue weighted by atomic mass is 16.5. The minimum atomic E-state index is -0.897. The number of ether oxygens (including phenoxy) is 1. The standard InChI is InChI=1S/C23H18N2O5/c1-13(2)15-5-3-14(4-6-15)9-17(12-24)22(27)29-18-8-7-16-10-19(21(25)26)23(28)30-20(16)11-18/h3-11,13H,1-2H3,(H2,25,26)/b17-9+. The van der Waals surface area contributed by atoms with Gasteiger partial charge in [-0.3, -0.25) is 4.79 Å². The Hall–Kier alpha value is -4.18. The van der Waals surface area contributed by atoms with Gasteiger partial charge in [-0.1, -0.05) is 38.1 Å². The zero-order valence-electron chi connectivity index (χ0n) is 16.3. The van der Waals surface area contributed by atoms with E-state index < -0.39 is 17.5 Å². The van der Waals surface area contributed by atoms with E-state index in [0.717, 1.165) is 5.56 Å². The summed E-state index contributed by atoms with van der Waals surface area (Å²) in [5.41, 5.74) is 5.74. The molecule has 7 nitrogen and oxygen atoms in total. The summed E-state index contributed by atoms with van der Waals surface area (Å²) in [7, 11) is 0. The van der Waals surface area contributed by atoms with Crippen LogP contribution >= 0.6 is 0 Å². The quantitative estimate of drug-likeness (QED) is 0.229. The van der Waals surface area contributed by atoms with Crippen LogP contribution in [0.4, 0.5) is 0 Å². The summed E-state index contributed by atoms with van der Waals surface area (Å²) in [6, 6.07) is 14.9. The first-order valence-electron chi connectivity index (χ1n) is 9.10. The number of rotatable bonds is 5. The number of esters is 1. The van der Waals surface area contributed by atoms with Crippen molar-refractivity contribution in [2.24, 2.45) is 5.73 Å². The number of nitrogens with zero attached hydrogens (tertiary/aromatic N) is 1. The Morgan fingerprint density at radius 1 is 1.13 bits per heavy atom. The molecule has 150 valence electrons. The molecule has 0 saturated heterocycles. The van der Waals surface area contributed by atoms with Gasteiger partial charge in [0.1, 0.15) is 28.5 Å². The van der Waals surface area contributed by atoms with Gasteiger partial charge in [0.2, 0.25) is 0 Å². The van der Waals surface area contributed by atoms with E-state index in [1.807, 2.05) is 30.3 Å². The molecule has 0 aliphatic heterocycles. The molecule has 3 rings (SSSR count). The van der Waals surface area contributed by atoms with E-state index in [1.165, 1.54) is 30.3 Å². The molecule has 1 aromatic heterocycles. The van der Waals surface area contributed by atoms with Crippen LogP contribution < -0.4 is 16.1 Å². The number of carbonyl (C=O) groups is 2. The molecule has 0 spiro atoms. The fourth-order valence-corrected chi connectivity index (χ4v) is 2.77. The summed E-state index contributed by atoms with van der Waals surface area (Å²) in [6.45, 7) is 4.15. The molecule has 7 heteroatoms. The Morgan fingerprint density at radius 3 is 2.43 bits per heavy atom. The van der Waals surface area contributed by atoms with Crippen molar-refractivity contribution in [3.05, 3.63) is 81.2 Å². The van der Waals surface area contributed by atoms with Crippen molar-refractivity contribution in [1.29, 1.82) is 5.26 Å². The molecular weight excluding hydrogens is 384 g/mol. The van der Waals surface area contributed by atoms with Crippen molar-refractivity contribution in [2.75, 3.05) is 0 Å². The van der Waals surface area contributed by atoms with Crippen molar-refractivity contribution in [3.8, 4) is 11.8 Å². The topological polar surface area (TPSA) is 123 Å². The van der Waals surface area contributed by atoms with Gasteiger partial charge in [0.05, 0.1) is 0 Å². The Bertz CT molecular complexity index is 1260. The van der Waals surface area contributed by atoms with Gasteiger partial charge >= 0.3 is 11.6 Å². The highest BCUT2D eigenvalue weighted by Gasteiger charge is 2.15. The number of fused-ring (bicyclic) bond motifs is 1. The maximum absolute atomic E-state index is 12.4. The number of hydrogen-bond donors (Lipinski definition) is 1. The molecule has 3 aromatic rings. The van der Waals surface area contributed by atoms with E-state index in [1.54, 1.807) is 0 Å². The zero-order chi connectivity index (χ0) is 21.8. The maximum atomic E-state index is 12.4. The van der Waals surface area contributed by atoms with Gasteiger partial charge in [-0.15, -0.1) is 0 Å². The molecule has 1 amide bonds. The van der Waals surface area contributed by atoms with Gasteiger partial charge in [0.25, 0.3) is 5.91 Å². The first-order valence-corrected chi connectivity index (χ1v) is 9.10. The van der Waals surface area contributed by atoms with Gasteiger partial charge in [-0.25, -0.2) is 9.59 Å². The molecule has 0 aliphatic carbocycles. The van der Waals surface area contributed by atoms with Gasteiger partial charge in [0.15, 0.2) is 0 Å². The van der Waals surface area contributed by atoms with Crippen molar-refractivity contribution in [2.45, 2.75) is 19.8 Å². The largest absolute Gasteiger partial charge is 0.422 e. The number of amides is 1. The molecule has 1 heterocycles. The lowest BCUT2D eigenvalue weighted by Gasteiger charge is -2.06. The number of hydrogen-bond acceptors (Lipinski definition) is 6. The summed E-state index contributed by atoms with van der Waals surface area (Å²) in [4.78, 5) is 35.5. The number of nitriles is 1. The van der Waals surface area contributed by atoms with Crippen LogP contribution in [0.3, 0.4) is 0 Å². The first-order chi connectivity index (χ1) is 14.3. The van der Waals surface area contributed by atoms with E-state index >= 15 is 0 Å². The summed E-state index contributed by atoms with van der Waals surface area (Å²) in [5.74, 6) is -1.29. The molecule has 2 N–H and O–H groups in total. The van der Waals surface area contributed by atoms with Crippen molar-refractivity contribution >= 4 is 28.9 Å². The Morgan fingerprint density at radius 2 is 1.83 bits per heavy atom. The lowest BCUT2D eigenvalue weighted by Crippen LogP contribution is -2.20. The molecule has 0 radical (unpaired) electrons. The van der Waals surface area contributed by atoms with Gasteiger partial charge in [-0.05, 0) is 41.3 Å². The lowest BCUT2D eigenvalue weighted by atomic mass is 10.0. The monoisotopic (exact) mass is 402 g/mol. The van der Waals surface area contributed by atoms with Gasteiger partial charge in [0, 0.05) is 11.5 Å². The first kappa shape index (κ1) is 20.6. The van der Waals surface area contributed by atoms with Crippen LogP contribution in [-0.2, 0) is 4.79 Å². The van der Waals surface area contributed by atoms with Crippen LogP contribution in [-0.4, -0.2) is 11.9 Å². The Labute approximate surface area is 172 Å². The summed E-state index contributed by atoms with van der Waals surface area (Å²) < 4.78 is 10.3.